The lowest BCUT2D eigenvalue weighted by Crippen LogP contribution is -2.26. The summed E-state index contributed by atoms with van der Waals surface area (Å²) in [7, 11) is 3.19. The minimum atomic E-state index is -0.426. The Kier molecular flexibility index (Phi) is 5.20. The maximum atomic E-state index is 12.3. The van der Waals surface area contributed by atoms with E-state index in [-0.39, 0.29) is 5.91 Å². The fourth-order valence-electron chi connectivity index (χ4n) is 2.54. The molecule has 7 heteroatoms. The van der Waals surface area contributed by atoms with Gasteiger partial charge in [0.1, 0.15) is 5.69 Å². The van der Waals surface area contributed by atoms with Crippen LogP contribution in [0.3, 0.4) is 0 Å². The van der Waals surface area contributed by atoms with Gasteiger partial charge in [-0.2, -0.15) is 5.10 Å². The van der Waals surface area contributed by atoms with Crippen LogP contribution in [0.2, 0.25) is 0 Å². The molecule has 0 aliphatic rings. The molecule has 0 aromatic carbocycles. The Hall–Kier alpha value is -2.57. The summed E-state index contributed by atoms with van der Waals surface area (Å²) < 4.78 is 6.52. The quantitative estimate of drug-likeness (QED) is 0.788. The number of amides is 1. The summed E-state index contributed by atoms with van der Waals surface area (Å²) in [5.74, 6) is -0.652. The normalized spacial score (nSPS) is 10.6. The molecule has 0 radical (unpaired) electrons. The Morgan fingerprint density at radius 2 is 2.17 bits per heavy atom. The van der Waals surface area contributed by atoms with Crippen molar-refractivity contribution in [3.05, 3.63) is 40.5 Å². The molecule has 0 atom stereocenters. The molecular weight excluding hydrogens is 296 g/mol. The fraction of sp³-hybridized carbons (Fsp3) is 0.438. The zero-order valence-electron chi connectivity index (χ0n) is 13.9. The first-order chi connectivity index (χ1) is 11.0. The van der Waals surface area contributed by atoms with E-state index < -0.39 is 5.97 Å². The summed E-state index contributed by atoms with van der Waals surface area (Å²) in [5, 5.41) is 6.95. The monoisotopic (exact) mass is 318 g/mol. The van der Waals surface area contributed by atoms with Gasteiger partial charge in [0.15, 0.2) is 0 Å². The molecule has 0 spiro atoms. The van der Waals surface area contributed by atoms with E-state index in [0.29, 0.717) is 41.9 Å². The average Bonchev–Trinajstić information content (AvgIpc) is 3.09. The predicted molar refractivity (Wildman–Crippen MR) is 85.5 cm³/mol. The van der Waals surface area contributed by atoms with Crippen LogP contribution < -0.4 is 5.32 Å². The van der Waals surface area contributed by atoms with Gasteiger partial charge in [-0.05, 0) is 30.9 Å². The largest absolute Gasteiger partial charge is 0.465 e. The molecule has 7 nitrogen and oxygen atoms in total. The summed E-state index contributed by atoms with van der Waals surface area (Å²) in [6.07, 6.45) is 5.01. The Bertz CT molecular complexity index is 715. The Morgan fingerprint density at radius 3 is 2.74 bits per heavy atom. The Labute approximate surface area is 135 Å². The maximum absolute atomic E-state index is 12.3. The number of methoxy groups -OCH3 is 1. The molecule has 1 amide bonds. The molecule has 0 saturated carbocycles. The average molecular weight is 318 g/mol. The molecule has 23 heavy (non-hydrogen) atoms. The molecule has 124 valence electrons. The second-order valence-electron chi connectivity index (χ2n) is 5.35. The van der Waals surface area contributed by atoms with Gasteiger partial charge in [0.25, 0.3) is 5.91 Å². The molecule has 0 bridgehead atoms. The predicted octanol–water partition coefficient (Wildman–Crippen LogP) is 1.38. The van der Waals surface area contributed by atoms with Crippen LogP contribution in [-0.4, -0.2) is 40.3 Å². The second kappa shape index (κ2) is 7.13. The summed E-state index contributed by atoms with van der Waals surface area (Å²) in [6.45, 7) is 4.16. The first-order valence-electron chi connectivity index (χ1n) is 7.53. The lowest BCUT2D eigenvalue weighted by Gasteiger charge is -2.04. The number of nitrogens with zero attached hydrogens (tertiary/aromatic N) is 2. The van der Waals surface area contributed by atoms with Crippen molar-refractivity contribution in [3.63, 3.8) is 0 Å². The maximum Gasteiger partial charge on any atom is 0.339 e. The van der Waals surface area contributed by atoms with E-state index in [9.17, 15) is 9.59 Å². The molecule has 0 saturated heterocycles. The van der Waals surface area contributed by atoms with Crippen molar-refractivity contribution in [1.29, 1.82) is 0 Å². The minimum absolute atomic E-state index is 0.226. The van der Waals surface area contributed by atoms with Gasteiger partial charge in [-0.25, -0.2) is 4.79 Å². The van der Waals surface area contributed by atoms with E-state index >= 15 is 0 Å². The zero-order valence-corrected chi connectivity index (χ0v) is 13.9. The molecule has 2 rings (SSSR count). The molecule has 0 aliphatic heterocycles. The molecule has 2 aromatic heterocycles. The van der Waals surface area contributed by atoms with Gasteiger partial charge in [0, 0.05) is 25.5 Å². The number of aryl methyl sites for hydroxylation is 2. The van der Waals surface area contributed by atoms with Crippen molar-refractivity contribution >= 4 is 11.9 Å². The highest BCUT2D eigenvalue weighted by Gasteiger charge is 2.23. The molecule has 2 heterocycles. The number of hydrogen-bond donors (Lipinski definition) is 2. The van der Waals surface area contributed by atoms with Crippen molar-refractivity contribution in [3.8, 4) is 0 Å². The van der Waals surface area contributed by atoms with Gasteiger partial charge in [-0.15, -0.1) is 0 Å². The number of nitrogens with one attached hydrogen (secondary N) is 2. The molecule has 2 N–H and O–H groups in total. The van der Waals surface area contributed by atoms with E-state index in [2.05, 4.69) is 15.4 Å². The van der Waals surface area contributed by atoms with Gasteiger partial charge in [-0.3, -0.25) is 9.48 Å². The van der Waals surface area contributed by atoms with Gasteiger partial charge in [0.2, 0.25) is 0 Å². The fourth-order valence-corrected chi connectivity index (χ4v) is 2.54. The summed E-state index contributed by atoms with van der Waals surface area (Å²) in [6, 6.07) is 0. The van der Waals surface area contributed by atoms with Crippen molar-refractivity contribution in [1.82, 2.24) is 20.1 Å². The van der Waals surface area contributed by atoms with Gasteiger partial charge < -0.3 is 15.0 Å². The highest BCUT2D eigenvalue weighted by Crippen LogP contribution is 2.20. The summed E-state index contributed by atoms with van der Waals surface area (Å²) in [4.78, 5) is 27.2. The third-order valence-electron chi connectivity index (χ3n) is 3.76. The number of ether oxygens (including phenoxy) is 1. The number of aromatic amines is 1. The number of rotatable bonds is 6. The lowest BCUT2D eigenvalue weighted by molar-refractivity contribution is 0.0599. The van der Waals surface area contributed by atoms with E-state index in [4.69, 9.17) is 4.74 Å². The van der Waals surface area contributed by atoms with E-state index in [1.165, 1.54) is 7.11 Å². The molecular formula is C16H22N4O3. The molecule has 0 unspecified atom stereocenters. The van der Waals surface area contributed by atoms with Crippen LogP contribution in [0.4, 0.5) is 0 Å². The summed E-state index contributed by atoms with van der Waals surface area (Å²) in [5.41, 5.74) is 3.25. The highest BCUT2D eigenvalue weighted by atomic mass is 16.5. The number of hydrogen-bond acceptors (Lipinski definition) is 4. The molecule has 0 fully saturated rings. The lowest BCUT2D eigenvalue weighted by atomic mass is 10.1. The first kappa shape index (κ1) is 16.8. The first-order valence-corrected chi connectivity index (χ1v) is 7.53. The SMILES string of the molecule is CCc1[nH]c(C(=O)NCCc2cnn(C)c2)c(C)c1C(=O)OC. The van der Waals surface area contributed by atoms with Crippen molar-refractivity contribution < 1.29 is 14.3 Å². The molecule has 2 aromatic rings. The Morgan fingerprint density at radius 1 is 1.43 bits per heavy atom. The van der Waals surface area contributed by atoms with Crippen molar-refractivity contribution in [2.75, 3.05) is 13.7 Å². The third-order valence-corrected chi connectivity index (χ3v) is 3.76. The van der Waals surface area contributed by atoms with Gasteiger partial charge >= 0.3 is 5.97 Å². The standard InChI is InChI=1S/C16H22N4O3/c1-5-12-13(16(22)23-4)10(2)14(19-12)15(21)17-7-6-11-8-18-20(3)9-11/h8-9,19H,5-7H2,1-4H3,(H,17,21). The highest BCUT2D eigenvalue weighted by molar-refractivity contribution is 6.00. The van der Waals surface area contributed by atoms with E-state index in [1.807, 2.05) is 20.2 Å². The topological polar surface area (TPSA) is 89.0 Å². The van der Waals surface area contributed by atoms with Crippen LogP contribution in [0.15, 0.2) is 12.4 Å². The smallest absolute Gasteiger partial charge is 0.339 e. The summed E-state index contributed by atoms with van der Waals surface area (Å²) >= 11 is 0. The van der Waals surface area contributed by atoms with Crippen LogP contribution in [0.25, 0.3) is 0 Å². The van der Waals surface area contributed by atoms with Gasteiger partial charge in [-0.1, -0.05) is 6.92 Å². The Balaban J connectivity index is 2.07. The van der Waals surface area contributed by atoms with E-state index in [0.717, 1.165) is 5.56 Å². The number of carbonyl (C=O) groups excluding carboxylic acids is 2. The zero-order chi connectivity index (χ0) is 17.0. The molecule has 0 aliphatic carbocycles. The van der Waals surface area contributed by atoms with Crippen LogP contribution in [0.5, 0.6) is 0 Å². The van der Waals surface area contributed by atoms with Crippen molar-refractivity contribution in [2.24, 2.45) is 7.05 Å². The van der Waals surface area contributed by atoms with Crippen LogP contribution in [-0.2, 0) is 24.6 Å². The number of aromatic nitrogens is 3. The van der Waals surface area contributed by atoms with Crippen LogP contribution >= 0.6 is 0 Å². The van der Waals surface area contributed by atoms with Crippen molar-refractivity contribution in [2.45, 2.75) is 26.7 Å². The minimum Gasteiger partial charge on any atom is -0.465 e. The second-order valence-corrected chi connectivity index (χ2v) is 5.35. The van der Waals surface area contributed by atoms with Crippen LogP contribution in [0, 0.1) is 6.92 Å². The van der Waals surface area contributed by atoms with E-state index in [1.54, 1.807) is 17.8 Å². The number of H-pyrrole nitrogens is 1. The van der Waals surface area contributed by atoms with Crippen LogP contribution in [0.1, 0.15) is 44.6 Å². The third kappa shape index (κ3) is 3.61. The number of carbonyl (C=O) groups is 2. The van der Waals surface area contributed by atoms with Gasteiger partial charge in [0.05, 0.1) is 18.9 Å². The number of esters is 1.